The molecule has 2 atom stereocenters. The molecule has 0 bridgehead atoms. The van der Waals surface area contributed by atoms with Gasteiger partial charge < -0.3 is 15.5 Å². The minimum atomic E-state index is -0.291. The molecule has 18 heavy (non-hydrogen) atoms. The summed E-state index contributed by atoms with van der Waals surface area (Å²) in [7, 11) is 0. The highest BCUT2D eigenvalue weighted by atomic mass is 16.3. The highest BCUT2D eigenvalue weighted by molar-refractivity contribution is 5.97. The van der Waals surface area contributed by atoms with Gasteiger partial charge in [0.2, 0.25) is 0 Å². The summed E-state index contributed by atoms with van der Waals surface area (Å²) in [5.74, 6) is -0.184. The van der Waals surface area contributed by atoms with Gasteiger partial charge in [0, 0.05) is 18.6 Å². The molecule has 1 aromatic carbocycles. The third kappa shape index (κ3) is 2.71. The summed E-state index contributed by atoms with van der Waals surface area (Å²) >= 11 is 0. The summed E-state index contributed by atoms with van der Waals surface area (Å²) in [6.07, 6.45) is 4.48. The van der Waals surface area contributed by atoms with E-state index in [1.807, 2.05) is 19.1 Å². The van der Waals surface area contributed by atoms with E-state index >= 15 is 0 Å². The molecule has 0 aliphatic heterocycles. The highest BCUT2D eigenvalue weighted by Crippen LogP contribution is 2.21. The van der Waals surface area contributed by atoms with Crippen LogP contribution in [-0.2, 0) is 0 Å². The molecule has 0 saturated carbocycles. The molecule has 4 nitrogen and oxygen atoms in total. The molecule has 0 heterocycles. The van der Waals surface area contributed by atoms with Gasteiger partial charge in [0.25, 0.3) is 5.91 Å². The van der Waals surface area contributed by atoms with Gasteiger partial charge >= 0.3 is 0 Å². The Balaban J connectivity index is 2.02. The van der Waals surface area contributed by atoms with Gasteiger partial charge in [-0.15, -0.1) is 0 Å². The Kier molecular flexibility index (Phi) is 3.67. The number of phenolic OH excluding ortho intramolecular Hbond substituents is 1. The number of aromatic hydroxyl groups is 1. The number of carbonyl (C=O) groups excluding carboxylic acids is 1. The van der Waals surface area contributed by atoms with Gasteiger partial charge in [0.1, 0.15) is 5.75 Å². The van der Waals surface area contributed by atoms with E-state index < -0.39 is 0 Å². The summed E-state index contributed by atoms with van der Waals surface area (Å²) < 4.78 is 0. The molecule has 1 aliphatic carbocycles. The van der Waals surface area contributed by atoms with Crippen molar-refractivity contribution in [2.24, 2.45) is 5.92 Å². The number of hydrogen-bond acceptors (Lipinski definition) is 3. The fourth-order valence-electron chi connectivity index (χ4n) is 2.10. The van der Waals surface area contributed by atoms with Crippen molar-refractivity contribution in [1.29, 1.82) is 0 Å². The minimum absolute atomic E-state index is 0.00631. The van der Waals surface area contributed by atoms with E-state index in [0.29, 0.717) is 6.42 Å². The Morgan fingerprint density at radius 2 is 2.22 bits per heavy atom. The van der Waals surface area contributed by atoms with Crippen molar-refractivity contribution >= 4 is 5.91 Å². The number of benzene rings is 1. The number of carbonyl (C=O) groups is 1. The lowest BCUT2D eigenvalue weighted by molar-refractivity contribution is 0.0938. The van der Waals surface area contributed by atoms with Crippen LogP contribution in [0.25, 0.3) is 0 Å². The molecule has 0 fully saturated rings. The molecule has 0 saturated heterocycles. The lowest BCUT2D eigenvalue weighted by Gasteiger charge is -2.13. The van der Waals surface area contributed by atoms with Crippen LogP contribution in [0.2, 0.25) is 0 Å². The number of phenols is 1. The van der Waals surface area contributed by atoms with Gasteiger partial charge in [0.05, 0.1) is 5.56 Å². The van der Waals surface area contributed by atoms with Gasteiger partial charge in [-0.25, -0.2) is 0 Å². The number of amides is 1. The third-order valence-corrected chi connectivity index (χ3v) is 3.12. The number of aliphatic hydroxyl groups is 1. The summed E-state index contributed by atoms with van der Waals surface area (Å²) in [5, 5.41) is 21.5. The van der Waals surface area contributed by atoms with E-state index in [4.69, 9.17) is 5.11 Å². The monoisotopic (exact) mass is 247 g/mol. The quantitative estimate of drug-likeness (QED) is 0.706. The molecule has 0 spiro atoms. The Hall–Kier alpha value is -1.81. The van der Waals surface area contributed by atoms with Crippen molar-refractivity contribution in [1.82, 2.24) is 5.32 Å². The van der Waals surface area contributed by atoms with Crippen LogP contribution in [0.1, 0.15) is 22.3 Å². The smallest absolute Gasteiger partial charge is 0.255 e. The highest BCUT2D eigenvalue weighted by Gasteiger charge is 2.21. The van der Waals surface area contributed by atoms with Gasteiger partial charge in [-0.05, 0) is 31.0 Å². The molecule has 1 aromatic rings. The van der Waals surface area contributed by atoms with E-state index in [-0.39, 0.29) is 35.8 Å². The van der Waals surface area contributed by atoms with Crippen LogP contribution >= 0.6 is 0 Å². The molecule has 0 radical (unpaired) electrons. The molecule has 0 aromatic heterocycles. The number of rotatable bonds is 3. The SMILES string of the molecule is Cc1ccc(C(=O)N[C@@H]2C=C[C@H](CO)C2)c(O)c1. The first kappa shape index (κ1) is 12.6. The Labute approximate surface area is 106 Å². The average molecular weight is 247 g/mol. The maximum Gasteiger partial charge on any atom is 0.255 e. The van der Waals surface area contributed by atoms with Crippen LogP contribution < -0.4 is 5.32 Å². The maximum absolute atomic E-state index is 12.0. The van der Waals surface area contributed by atoms with E-state index in [0.717, 1.165) is 5.56 Å². The molecule has 3 N–H and O–H groups in total. The van der Waals surface area contributed by atoms with Crippen LogP contribution in [0.4, 0.5) is 0 Å². The molecule has 1 aliphatic rings. The maximum atomic E-state index is 12.0. The predicted octanol–water partition coefficient (Wildman–Crippen LogP) is 1.37. The lowest BCUT2D eigenvalue weighted by Crippen LogP contribution is -2.32. The number of aryl methyl sites for hydroxylation is 1. The van der Waals surface area contributed by atoms with Crippen molar-refractivity contribution in [3.63, 3.8) is 0 Å². The molecule has 4 heteroatoms. The Morgan fingerprint density at radius 1 is 1.44 bits per heavy atom. The fourth-order valence-corrected chi connectivity index (χ4v) is 2.10. The van der Waals surface area contributed by atoms with Crippen molar-refractivity contribution in [3.8, 4) is 5.75 Å². The second kappa shape index (κ2) is 5.23. The van der Waals surface area contributed by atoms with E-state index in [1.165, 1.54) is 0 Å². The van der Waals surface area contributed by atoms with Gasteiger partial charge in [-0.1, -0.05) is 18.2 Å². The predicted molar refractivity (Wildman–Crippen MR) is 68.4 cm³/mol. The second-order valence-corrected chi connectivity index (χ2v) is 4.66. The van der Waals surface area contributed by atoms with Crippen LogP contribution in [0.15, 0.2) is 30.4 Å². The van der Waals surface area contributed by atoms with Gasteiger partial charge in [-0.2, -0.15) is 0 Å². The van der Waals surface area contributed by atoms with Gasteiger partial charge in [0.15, 0.2) is 0 Å². The van der Waals surface area contributed by atoms with Crippen LogP contribution in [-0.4, -0.2) is 28.8 Å². The summed E-state index contributed by atoms with van der Waals surface area (Å²) in [6, 6.07) is 4.89. The zero-order valence-electron chi connectivity index (χ0n) is 10.3. The minimum Gasteiger partial charge on any atom is -0.507 e. The number of nitrogens with one attached hydrogen (secondary N) is 1. The first-order chi connectivity index (χ1) is 8.60. The van der Waals surface area contributed by atoms with E-state index in [1.54, 1.807) is 18.2 Å². The molecule has 1 amide bonds. The van der Waals surface area contributed by atoms with Crippen LogP contribution in [0.3, 0.4) is 0 Å². The molecule has 96 valence electrons. The lowest BCUT2D eigenvalue weighted by atomic mass is 10.1. The largest absolute Gasteiger partial charge is 0.507 e. The summed E-state index contributed by atoms with van der Waals surface area (Å²) in [6.45, 7) is 1.95. The average Bonchev–Trinajstić information content (AvgIpc) is 2.76. The van der Waals surface area contributed by atoms with Crippen LogP contribution in [0.5, 0.6) is 5.75 Å². The third-order valence-electron chi connectivity index (χ3n) is 3.12. The first-order valence-electron chi connectivity index (χ1n) is 6.00. The normalized spacial score (nSPS) is 22.1. The van der Waals surface area contributed by atoms with Crippen molar-refractivity contribution < 1.29 is 15.0 Å². The standard InChI is InChI=1S/C14H17NO3/c1-9-2-5-12(13(17)6-9)14(18)15-11-4-3-10(7-11)8-16/h2-6,10-11,16-17H,7-8H2,1H3,(H,15,18)/t10-,11+/m0/s1. The topological polar surface area (TPSA) is 69.6 Å². The van der Waals surface area contributed by atoms with Crippen molar-refractivity contribution in [2.75, 3.05) is 6.61 Å². The van der Waals surface area contributed by atoms with Gasteiger partial charge in [-0.3, -0.25) is 4.79 Å². The fraction of sp³-hybridized carbons (Fsp3) is 0.357. The molecule has 2 rings (SSSR count). The number of aliphatic hydroxyl groups excluding tert-OH is 1. The number of hydrogen-bond donors (Lipinski definition) is 3. The van der Waals surface area contributed by atoms with E-state index in [2.05, 4.69) is 5.32 Å². The summed E-state index contributed by atoms with van der Waals surface area (Å²) in [5.41, 5.74) is 1.19. The molecular formula is C14H17NO3. The van der Waals surface area contributed by atoms with E-state index in [9.17, 15) is 9.90 Å². The first-order valence-corrected chi connectivity index (χ1v) is 6.00. The van der Waals surface area contributed by atoms with Crippen molar-refractivity contribution in [3.05, 3.63) is 41.5 Å². The summed E-state index contributed by atoms with van der Waals surface area (Å²) in [4.78, 5) is 12.0. The Morgan fingerprint density at radius 3 is 2.83 bits per heavy atom. The zero-order valence-corrected chi connectivity index (χ0v) is 10.3. The van der Waals surface area contributed by atoms with Crippen LogP contribution in [0, 0.1) is 12.8 Å². The van der Waals surface area contributed by atoms with Crippen molar-refractivity contribution in [2.45, 2.75) is 19.4 Å². The molecular weight excluding hydrogens is 230 g/mol. The zero-order chi connectivity index (χ0) is 13.1. The second-order valence-electron chi connectivity index (χ2n) is 4.66. The molecule has 0 unspecified atom stereocenters. The Bertz CT molecular complexity index is 482.